The number of hydrogen-bond acceptors (Lipinski definition) is 4. The highest BCUT2D eigenvalue weighted by atomic mass is 16.8. The molecular weight excluding hydrogens is 208 g/mol. The highest BCUT2D eigenvalue weighted by molar-refractivity contribution is 5.73. The van der Waals surface area contributed by atoms with Crippen LogP contribution in [-0.2, 0) is 19.0 Å². The Balaban J connectivity index is 2.10. The van der Waals surface area contributed by atoms with E-state index >= 15 is 0 Å². The maximum atomic E-state index is 11.8. The number of carbonyl (C=O) groups excluding carboxylic acids is 1. The van der Waals surface area contributed by atoms with Crippen molar-refractivity contribution in [3.05, 3.63) is 0 Å². The molecule has 0 radical (unpaired) electrons. The van der Waals surface area contributed by atoms with Crippen LogP contribution in [0, 0.1) is 5.92 Å². The van der Waals surface area contributed by atoms with E-state index in [-0.39, 0.29) is 24.1 Å². The van der Waals surface area contributed by atoms with Gasteiger partial charge in [0.2, 0.25) is 0 Å². The Kier molecular flexibility index (Phi) is 3.22. The first kappa shape index (κ1) is 11.9. The van der Waals surface area contributed by atoms with E-state index in [1.807, 2.05) is 13.8 Å². The molecule has 4 atom stereocenters. The SMILES string of the molecule is CCOC(=O)C1CCC2OC1(C)OC2CC. The Bertz CT molecular complexity index is 278. The first-order valence-electron chi connectivity index (χ1n) is 6.13. The minimum atomic E-state index is -0.768. The van der Waals surface area contributed by atoms with Crippen LogP contribution >= 0.6 is 0 Å². The second kappa shape index (κ2) is 4.34. The molecule has 2 heterocycles. The molecule has 2 saturated heterocycles. The molecule has 2 rings (SSSR count). The minimum absolute atomic E-state index is 0.129. The van der Waals surface area contributed by atoms with E-state index in [9.17, 15) is 4.79 Å². The molecule has 4 unspecified atom stereocenters. The van der Waals surface area contributed by atoms with E-state index < -0.39 is 5.79 Å². The fourth-order valence-electron chi connectivity index (χ4n) is 2.70. The van der Waals surface area contributed by atoms with Crippen LogP contribution in [0.25, 0.3) is 0 Å². The van der Waals surface area contributed by atoms with Gasteiger partial charge in [0.15, 0.2) is 5.79 Å². The zero-order chi connectivity index (χ0) is 11.8. The first-order chi connectivity index (χ1) is 7.60. The van der Waals surface area contributed by atoms with Gasteiger partial charge in [0.1, 0.15) is 5.92 Å². The van der Waals surface area contributed by atoms with Crippen molar-refractivity contribution in [3.63, 3.8) is 0 Å². The van der Waals surface area contributed by atoms with Crippen LogP contribution in [0.3, 0.4) is 0 Å². The quantitative estimate of drug-likeness (QED) is 0.692. The van der Waals surface area contributed by atoms with E-state index in [0.717, 1.165) is 19.3 Å². The van der Waals surface area contributed by atoms with Gasteiger partial charge in [0.05, 0.1) is 18.8 Å². The van der Waals surface area contributed by atoms with Gasteiger partial charge in [-0.05, 0) is 33.1 Å². The average Bonchev–Trinajstić information content (AvgIpc) is 2.50. The lowest BCUT2D eigenvalue weighted by atomic mass is 9.90. The molecule has 0 aromatic rings. The molecule has 0 aliphatic carbocycles. The molecule has 16 heavy (non-hydrogen) atoms. The predicted molar refractivity (Wildman–Crippen MR) is 57.8 cm³/mol. The zero-order valence-corrected chi connectivity index (χ0v) is 10.2. The van der Waals surface area contributed by atoms with Crippen LogP contribution in [0.1, 0.15) is 40.0 Å². The summed E-state index contributed by atoms with van der Waals surface area (Å²) in [7, 11) is 0. The number of rotatable bonds is 3. The van der Waals surface area contributed by atoms with Gasteiger partial charge in [0.25, 0.3) is 0 Å². The molecule has 0 saturated carbocycles. The number of hydrogen-bond donors (Lipinski definition) is 0. The summed E-state index contributed by atoms with van der Waals surface area (Å²) in [5, 5.41) is 0. The fraction of sp³-hybridized carbons (Fsp3) is 0.917. The van der Waals surface area contributed by atoms with Gasteiger partial charge < -0.3 is 14.2 Å². The Morgan fingerprint density at radius 2 is 2.12 bits per heavy atom. The molecule has 0 N–H and O–H groups in total. The van der Waals surface area contributed by atoms with E-state index in [1.54, 1.807) is 0 Å². The van der Waals surface area contributed by atoms with Crippen molar-refractivity contribution in [2.24, 2.45) is 5.92 Å². The van der Waals surface area contributed by atoms with Gasteiger partial charge in [0, 0.05) is 0 Å². The number of ether oxygens (including phenoxy) is 3. The monoisotopic (exact) mass is 228 g/mol. The van der Waals surface area contributed by atoms with Crippen LogP contribution in [0.4, 0.5) is 0 Å². The molecule has 2 bridgehead atoms. The fourth-order valence-corrected chi connectivity index (χ4v) is 2.70. The summed E-state index contributed by atoms with van der Waals surface area (Å²) in [6.45, 7) is 6.16. The zero-order valence-electron chi connectivity index (χ0n) is 10.2. The van der Waals surface area contributed by atoms with Gasteiger partial charge in [-0.3, -0.25) is 4.79 Å². The standard InChI is InChI=1S/C12H20O4/c1-4-9-10-7-6-8(11(13)14-5-2)12(3,15-9)16-10/h8-10H,4-7H2,1-3H3. The van der Waals surface area contributed by atoms with Crippen molar-refractivity contribution in [2.45, 2.75) is 58.0 Å². The smallest absolute Gasteiger partial charge is 0.314 e. The Morgan fingerprint density at radius 3 is 2.75 bits per heavy atom. The summed E-state index contributed by atoms with van der Waals surface area (Å²) in [5.41, 5.74) is 0. The number of esters is 1. The highest BCUT2D eigenvalue weighted by Gasteiger charge is 2.55. The van der Waals surface area contributed by atoms with E-state index in [0.29, 0.717) is 6.61 Å². The number of fused-ring (bicyclic) bond motifs is 2. The molecular formula is C12H20O4. The summed E-state index contributed by atoms with van der Waals surface area (Å²) in [6, 6.07) is 0. The summed E-state index contributed by atoms with van der Waals surface area (Å²) >= 11 is 0. The van der Waals surface area contributed by atoms with Crippen molar-refractivity contribution in [1.82, 2.24) is 0 Å². The Hall–Kier alpha value is -0.610. The third-order valence-electron chi connectivity index (χ3n) is 3.53. The molecule has 92 valence electrons. The van der Waals surface area contributed by atoms with Crippen molar-refractivity contribution in [2.75, 3.05) is 6.61 Å². The van der Waals surface area contributed by atoms with Gasteiger partial charge in [-0.2, -0.15) is 0 Å². The summed E-state index contributed by atoms with van der Waals surface area (Å²) in [6.07, 6.45) is 2.90. The summed E-state index contributed by atoms with van der Waals surface area (Å²) < 4.78 is 16.8. The van der Waals surface area contributed by atoms with Crippen molar-refractivity contribution < 1.29 is 19.0 Å². The summed E-state index contributed by atoms with van der Waals surface area (Å²) in [5.74, 6) is -1.24. The van der Waals surface area contributed by atoms with E-state index in [4.69, 9.17) is 14.2 Å². The summed E-state index contributed by atoms with van der Waals surface area (Å²) in [4.78, 5) is 11.8. The molecule has 0 aromatic heterocycles. The molecule has 2 fully saturated rings. The van der Waals surface area contributed by atoms with Crippen LogP contribution in [-0.4, -0.2) is 30.6 Å². The maximum Gasteiger partial charge on any atom is 0.314 e. The lowest BCUT2D eigenvalue weighted by Crippen LogP contribution is -2.44. The van der Waals surface area contributed by atoms with Gasteiger partial charge in [-0.15, -0.1) is 0 Å². The average molecular weight is 228 g/mol. The lowest BCUT2D eigenvalue weighted by molar-refractivity contribution is -0.223. The van der Waals surface area contributed by atoms with Crippen LogP contribution in [0.5, 0.6) is 0 Å². The molecule has 4 heteroatoms. The molecule has 2 aliphatic heterocycles. The van der Waals surface area contributed by atoms with Crippen molar-refractivity contribution in [1.29, 1.82) is 0 Å². The van der Waals surface area contributed by atoms with Crippen LogP contribution < -0.4 is 0 Å². The maximum absolute atomic E-state index is 11.8. The molecule has 4 nitrogen and oxygen atoms in total. The van der Waals surface area contributed by atoms with E-state index in [2.05, 4.69) is 6.92 Å². The number of carbonyl (C=O) groups is 1. The third-order valence-corrected chi connectivity index (χ3v) is 3.53. The normalized spacial score (nSPS) is 42.1. The minimum Gasteiger partial charge on any atom is -0.466 e. The van der Waals surface area contributed by atoms with Crippen LogP contribution in [0.2, 0.25) is 0 Å². The van der Waals surface area contributed by atoms with Crippen molar-refractivity contribution >= 4 is 5.97 Å². The van der Waals surface area contributed by atoms with Gasteiger partial charge in [-0.25, -0.2) is 0 Å². The molecule has 2 aliphatic rings. The molecule has 0 spiro atoms. The van der Waals surface area contributed by atoms with Gasteiger partial charge in [-0.1, -0.05) is 6.92 Å². The van der Waals surface area contributed by atoms with Crippen LogP contribution in [0.15, 0.2) is 0 Å². The largest absolute Gasteiger partial charge is 0.466 e. The Morgan fingerprint density at radius 1 is 1.38 bits per heavy atom. The lowest BCUT2D eigenvalue weighted by Gasteiger charge is -2.34. The van der Waals surface area contributed by atoms with E-state index in [1.165, 1.54) is 0 Å². The first-order valence-corrected chi connectivity index (χ1v) is 6.13. The van der Waals surface area contributed by atoms with Crippen molar-refractivity contribution in [3.8, 4) is 0 Å². The second-order valence-electron chi connectivity index (χ2n) is 4.62. The Labute approximate surface area is 96.2 Å². The molecule has 0 amide bonds. The van der Waals surface area contributed by atoms with Gasteiger partial charge >= 0.3 is 5.97 Å². The third kappa shape index (κ3) is 1.84. The highest BCUT2D eigenvalue weighted by Crippen LogP contribution is 2.44. The molecule has 0 aromatic carbocycles. The topological polar surface area (TPSA) is 44.8 Å². The predicted octanol–water partition coefficient (Wildman–Crippen LogP) is 1.87. The second-order valence-corrected chi connectivity index (χ2v) is 4.62.